The molecule has 0 bridgehead atoms. The van der Waals surface area contributed by atoms with Crippen molar-refractivity contribution in [2.75, 3.05) is 18.1 Å². The SMILES string of the molecule is CCCc1nc(CSCC)nc(NC)c1I. The van der Waals surface area contributed by atoms with Gasteiger partial charge in [0.1, 0.15) is 11.6 Å². The molecule has 5 heteroatoms. The Morgan fingerprint density at radius 3 is 2.62 bits per heavy atom. The minimum absolute atomic E-state index is 0.902. The van der Waals surface area contributed by atoms with E-state index in [9.17, 15) is 0 Å². The van der Waals surface area contributed by atoms with Crippen molar-refractivity contribution >= 4 is 40.2 Å². The molecule has 0 fully saturated rings. The highest BCUT2D eigenvalue weighted by Gasteiger charge is 2.10. The molecule has 0 aliphatic rings. The number of aryl methyl sites for hydroxylation is 1. The molecular formula is C11H18IN3S. The number of halogens is 1. The van der Waals surface area contributed by atoms with Gasteiger partial charge in [0, 0.05) is 7.05 Å². The van der Waals surface area contributed by atoms with Gasteiger partial charge >= 0.3 is 0 Å². The van der Waals surface area contributed by atoms with Gasteiger partial charge in [-0.25, -0.2) is 9.97 Å². The third-order valence-electron chi connectivity index (χ3n) is 2.13. The predicted molar refractivity (Wildman–Crippen MR) is 80.1 cm³/mol. The number of hydrogen-bond acceptors (Lipinski definition) is 4. The molecule has 0 aliphatic heterocycles. The molecule has 1 rings (SSSR count). The van der Waals surface area contributed by atoms with Crippen molar-refractivity contribution in [3.63, 3.8) is 0 Å². The first-order valence-corrected chi connectivity index (χ1v) is 7.77. The molecule has 1 heterocycles. The van der Waals surface area contributed by atoms with Crippen LogP contribution in [0.3, 0.4) is 0 Å². The third kappa shape index (κ3) is 3.76. The fourth-order valence-electron chi connectivity index (χ4n) is 1.37. The summed E-state index contributed by atoms with van der Waals surface area (Å²) < 4.78 is 1.16. The Bertz CT molecular complexity index is 344. The van der Waals surface area contributed by atoms with E-state index in [1.807, 2.05) is 18.8 Å². The van der Waals surface area contributed by atoms with Gasteiger partial charge in [-0.3, -0.25) is 0 Å². The van der Waals surface area contributed by atoms with Gasteiger partial charge in [0.05, 0.1) is 15.0 Å². The molecule has 1 N–H and O–H groups in total. The fraction of sp³-hybridized carbons (Fsp3) is 0.636. The van der Waals surface area contributed by atoms with E-state index in [1.165, 1.54) is 5.69 Å². The van der Waals surface area contributed by atoms with Crippen LogP contribution in [0.15, 0.2) is 0 Å². The lowest BCUT2D eigenvalue weighted by atomic mass is 10.2. The Morgan fingerprint density at radius 1 is 1.31 bits per heavy atom. The molecule has 1 aromatic rings. The normalized spacial score (nSPS) is 10.5. The molecule has 3 nitrogen and oxygen atoms in total. The van der Waals surface area contributed by atoms with Crippen LogP contribution in [0.5, 0.6) is 0 Å². The molecule has 1 aromatic heterocycles. The fourth-order valence-corrected chi connectivity index (χ4v) is 2.67. The quantitative estimate of drug-likeness (QED) is 0.798. The van der Waals surface area contributed by atoms with Gasteiger partial charge in [0.2, 0.25) is 0 Å². The first-order chi connectivity index (χ1) is 7.72. The minimum atomic E-state index is 0.902. The van der Waals surface area contributed by atoms with Gasteiger partial charge < -0.3 is 5.32 Å². The van der Waals surface area contributed by atoms with Crippen molar-refractivity contribution in [1.29, 1.82) is 0 Å². The number of nitrogens with one attached hydrogen (secondary N) is 1. The van der Waals surface area contributed by atoms with Crippen LogP contribution in [-0.2, 0) is 12.2 Å². The van der Waals surface area contributed by atoms with Crippen molar-refractivity contribution in [2.45, 2.75) is 32.4 Å². The van der Waals surface area contributed by atoms with Gasteiger partial charge in [-0.1, -0.05) is 20.3 Å². The van der Waals surface area contributed by atoms with Crippen LogP contribution < -0.4 is 5.32 Å². The van der Waals surface area contributed by atoms with Gasteiger partial charge in [0.15, 0.2) is 0 Å². The van der Waals surface area contributed by atoms with Crippen molar-refractivity contribution in [1.82, 2.24) is 9.97 Å². The van der Waals surface area contributed by atoms with Crippen LogP contribution in [0, 0.1) is 3.57 Å². The lowest BCUT2D eigenvalue weighted by Gasteiger charge is -2.10. The van der Waals surface area contributed by atoms with Crippen LogP contribution in [0.1, 0.15) is 31.8 Å². The number of rotatable bonds is 6. The Labute approximate surface area is 115 Å². The van der Waals surface area contributed by atoms with E-state index in [-0.39, 0.29) is 0 Å². The van der Waals surface area contributed by atoms with E-state index < -0.39 is 0 Å². The molecule has 0 saturated carbocycles. The molecule has 0 atom stereocenters. The Kier molecular flexibility index (Phi) is 6.41. The van der Waals surface area contributed by atoms with Crippen LogP contribution in [0.2, 0.25) is 0 Å². The molecule has 0 unspecified atom stereocenters. The van der Waals surface area contributed by atoms with E-state index in [4.69, 9.17) is 0 Å². The molecule has 0 radical (unpaired) electrons. The highest BCUT2D eigenvalue weighted by molar-refractivity contribution is 14.1. The topological polar surface area (TPSA) is 37.8 Å². The lowest BCUT2D eigenvalue weighted by Crippen LogP contribution is -2.07. The Morgan fingerprint density at radius 2 is 2.06 bits per heavy atom. The van der Waals surface area contributed by atoms with Gasteiger partial charge in [-0.15, -0.1) is 0 Å². The summed E-state index contributed by atoms with van der Waals surface area (Å²) in [5.74, 6) is 3.91. The summed E-state index contributed by atoms with van der Waals surface area (Å²) in [7, 11) is 1.91. The zero-order valence-corrected chi connectivity index (χ0v) is 13.0. The molecule has 0 aromatic carbocycles. The zero-order valence-electron chi connectivity index (χ0n) is 10.0. The standard InChI is InChI=1S/C11H18IN3S/c1-4-6-8-10(12)11(13-3)15-9(14-8)7-16-5-2/h4-7H2,1-3H3,(H,13,14,15). The zero-order chi connectivity index (χ0) is 12.0. The first-order valence-electron chi connectivity index (χ1n) is 5.53. The van der Waals surface area contributed by atoms with Crippen LogP contribution in [-0.4, -0.2) is 22.8 Å². The second-order valence-corrected chi connectivity index (χ2v) is 5.74. The summed E-state index contributed by atoms with van der Waals surface area (Å²) in [6.45, 7) is 4.33. The Balaban J connectivity index is 2.97. The summed E-state index contributed by atoms with van der Waals surface area (Å²) in [4.78, 5) is 9.15. The highest BCUT2D eigenvalue weighted by atomic mass is 127. The van der Waals surface area contributed by atoms with E-state index in [0.29, 0.717) is 0 Å². The Hall–Kier alpha value is -0.0400. The largest absolute Gasteiger partial charge is 0.372 e. The molecule has 0 saturated heterocycles. The molecule has 90 valence electrons. The number of hydrogen-bond donors (Lipinski definition) is 1. The first kappa shape index (κ1) is 14.0. The van der Waals surface area contributed by atoms with Gasteiger partial charge in [-0.2, -0.15) is 11.8 Å². The summed E-state index contributed by atoms with van der Waals surface area (Å²) >= 11 is 4.18. The summed E-state index contributed by atoms with van der Waals surface area (Å²) in [6, 6.07) is 0. The maximum Gasteiger partial charge on any atom is 0.143 e. The number of anilines is 1. The minimum Gasteiger partial charge on any atom is -0.372 e. The van der Waals surface area contributed by atoms with Crippen LogP contribution in [0.4, 0.5) is 5.82 Å². The van der Waals surface area contributed by atoms with E-state index >= 15 is 0 Å². The average Bonchev–Trinajstić information content (AvgIpc) is 2.30. The monoisotopic (exact) mass is 351 g/mol. The number of aromatic nitrogens is 2. The third-order valence-corrected chi connectivity index (χ3v) is 4.13. The summed E-state index contributed by atoms with van der Waals surface area (Å²) in [5.41, 5.74) is 1.18. The van der Waals surface area contributed by atoms with E-state index in [2.05, 4.69) is 51.7 Å². The van der Waals surface area contributed by atoms with Gasteiger partial charge in [-0.05, 0) is 34.8 Å². The predicted octanol–water partition coefficient (Wildman–Crippen LogP) is 3.33. The second kappa shape index (κ2) is 7.32. The lowest BCUT2D eigenvalue weighted by molar-refractivity contribution is 0.846. The van der Waals surface area contributed by atoms with Crippen LogP contribution >= 0.6 is 34.4 Å². The van der Waals surface area contributed by atoms with E-state index in [1.54, 1.807) is 0 Å². The molecule has 16 heavy (non-hydrogen) atoms. The average molecular weight is 351 g/mol. The number of nitrogens with zero attached hydrogens (tertiary/aromatic N) is 2. The van der Waals surface area contributed by atoms with Crippen molar-refractivity contribution in [2.24, 2.45) is 0 Å². The van der Waals surface area contributed by atoms with Crippen molar-refractivity contribution < 1.29 is 0 Å². The number of thioether (sulfide) groups is 1. The van der Waals surface area contributed by atoms with Gasteiger partial charge in [0.25, 0.3) is 0 Å². The van der Waals surface area contributed by atoms with Crippen molar-refractivity contribution in [3.05, 3.63) is 15.1 Å². The highest BCUT2D eigenvalue weighted by Crippen LogP contribution is 2.21. The molecular weight excluding hydrogens is 333 g/mol. The maximum atomic E-state index is 4.63. The smallest absolute Gasteiger partial charge is 0.143 e. The molecule has 0 amide bonds. The van der Waals surface area contributed by atoms with Crippen molar-refractivity contribution in [3.8, 4) is 0 Å². The van der Waals surface area contributed by atoms with E-state index in [0.717, 1.165) is 39.6 Å². The second-order valence-electron chi connectivity index (χ2n) is 3.39. The van der Waals surface area contributed by atoms with Crippen LogP contribution in [0.25, 0.3) is 0 Å². The molecule has 0 spiro atoms. The molecule has 0 aliphatic carbocycles. The maximum absolute atomic E-state index is 4.63. The summed E-state index contributed by atoms with van der Waals surface area (Å²) in [6.07, 6.45) is 2.15. The summed E-state index contributed by atoms with van der Waals surface area (Å²) in [5, 5.41) is 3.14.